The van der Waals surface area contributed by atoms with Gasteiger partial charge in [-0.05, 0) is 36.5 Å². The van der Waals surface area contributed by atoms with Gasteiger partial charge >= 0.3 is 0 Å². The standard InChI is InChI=1S/C15H18ClN3S/c1-11-6-8-19(9-7-11)15-17-14(18-20-15)10-12-2-4-13(16)5-3-12/h2-5,11H,6-10H2,1H3. The van der Waals surface area contributed by atoms with Crippen LogP contribution >= 0.6 is 23.1 Å². The van der Waals surface area contributed by atoms with Crippen LogP contribution in [0.3, 0.4) is 0 Å². The lowest BCUT2D eigenvalue weighted by Crippen LogP contribution is -2.32. The summed E-state index contributed by atoms with van der Waals surface area (Å²) in [7, 11) is 0. The average molecular weight is 308 g/mol. The summed E-state index contributed by atoms with van der Waals surface area (Å²) in [5.74, 6) is 1.75. The molecule has 3 nitrogen and oxygen atoms in total. The topological polar surface area (TPSA) is 29.0 Å². The zero-order valence-electron chi connectivity index (χ0n) is 11.6. The maximum absolute atomic E-state index is 5.90. The van der Waals surface area contributed by atoms with Crippen molar-refractivity contribution in [2.75, 3.05) is 18.0 Å². The van der Waals surface area contributed by atoms with Gasteiger partial charge in [-0.15, -0.1) is 0 Å². The van der Waals surface area contributed by atoms with Crippen molar-refractivity contribution in [2.24, 2.45) is 5.92 Å². The van der Waals surface area contributed by atoms with Crippen LogP contribution in [0.4, 0.5) is 5.13 Å². The summed E-state index contributed by atoms with van der Waals surface area (Å²) in [4.78, 5) is 7.04. The van der Waals surface area contributed by atoms with Gasteiger partial charge in [0.05, 0.1) is 0 Å². The van der Waals surface area contributed by atoms with Gasteiger partial charge in [-0.2, -0.15) is 4.37 Å². The Hall–Kier alpha value is -1.13. The number of halogens is 1. The Labute approximate surface area is 128 Å². The van der Waals surface area contributed by atoms with Crippen LogP contribution in [-0.4, -0.2) is 22.4 Å². The van der Waals surface area contributed by atoms with E-state index in [9.17, 15) is 0 Å². The van der Waals surface area contributed by atoms with Crippen molar-refractivity contribution in [2.45, 2.75) is 26.2 Å². The molecule has 1 aromatic carbocycles. The Morgan fingerprint density at radius 3 is 2.65 bits per heavy atom. The number of hydrogen-bond donors (Lipinski definition) is 0. The second kappa shape index (κ2) is 6.10. The Balaban J connectivity index is 1.66. The van der Waals surface area contributed by atoms with Crippen LogP contribution in [0, 0.1) is 5.92 Å². The van der Waals surface area contributed by atoms with Crippen LogP contribution in [0.5, 0.6) is 0 Å². The van der Waals surface area contributed by atoms with Crippen molar-refractivity contribution in [1.29, 1.82) is 0 Å². The average Bonchev–Trinajstić information content (AvgIpc) is 2.91. The predicted octanol–water partition coefficient (Wildman–Crippen LogP) is 4.02. The molecule has 0 amide bonds. The number of aromatic nitrogens is 2. The van der Waals surface area contributed by atoms with Crippen molar-refractivity contribution in [3.05, 3.63) is 40.7 Å². The van der Waals surface area contributed by atoms with E-state index in [-0.39, 0.29) is 0 Å². The highest BCUT2D eigenvalue weighted by atomic mass is 35.5. The minimum absolute atomic E-state index is 0.767. The van der Waals surface area contributed by atoms with Gasteiger partial charge < -0.3 is 4.90 Å². The molecular formula is C15H18ClN3S. The molecule has 0 radical (unpaired) electrons. The van der Waals surface area contributed by atoms with Crippen LogP contribution in [0.25, 0.3) is 0 Å². The molecule has 20 heavy (non-hydrogen) atoms. The molecule has 0 unspecified atom stereocenters. The van der Waals surface area contributed by atoms with E-state index in [1.54, 1.807) is 0 Å². The summed E-state index contributed by atoms with van der Waals surface area (Å²) in [5.41, 5.74) is 1.20. The first kappa shape index (κ1) is 13.8. The lowest BCUT2D eigenvalue weighted by atomic mass is 10.00. The summed E-state index contributed by atoms with van der Waals surface area (Å²) >= 11 is 7.41. The van der Waals surface area contributed by atoms with E-state index in [4.69, 9.17) is 11.6 Å². The minimum atomic E-state index is 0.767. The maximum Gasteiger partial charge on any atom is 0.205 e. The lowest BCUT2D eigenvalue weighted by molar-refractivity contribution is 0.438. The SMILES string of the molecule is CC1CCN(c2nc(Cc3ccc(Cl)cc3)ns2)CC1. The van der Waals surface area contributed by atoms with Crippen LogP contribution < -0.4 is 4.90 Å². The highest BCUT2D eigenvalue weighted by Crippen LogP contribution is 2.25. The molecule has 2 aromatic rings. The van der Waals surface area contributed by atoms with E-state index in [0.29, 0.717) is 0 Å². The first-order valence-corrected chi connectivity index (χ1v) is 8.18. The Bertz CT molecular complexity index is 559. The van der Waals surface area contributed by atoms with E-state index in [0.717, 1.165) is 41.4 Å². The van der Waals surface area contributed by atoms with Gasteiger partial charge in [0.1, 0.15) is 5.82 Å². The fraction of sp³-hybridized carbons (Fsp3) is 0.467. The third-order valence-electron chi connectivity index (χ3n) is 3.79. The van der Waals surface area contributed by atoms with Gasteiger partial charge in [-0.1, -0.05) is 30.7 Å². The molecule has 0 spiro atoms. The summed E-state index contributed by atoms with van der Waals surface area (Å²) < 4.78 is 4.48. The molecule has 1 fully saturated rings. The summed E-state index contributed by atoms with van der Waals surface area (Å²) in [5, 5.41) is 1.84. The second-order valence-corrected chi connectivity index (χ2v) is 6.63. The molecule has 0 saturated carbocycles. The molecule has 0 bridgehead atoms. The molecule has 2 heterocycles. The van der Waals surface area contributed by atoms with Gasteiger partial charge in [-0.3, -0.25) is 0 Å². The quantitative estimate of drug-likeness (QED) is 0.857. The number of piperidine rings is 1. The molecule has 106 valence electrons. The Morgan fingerprint density at radius 1 is 1.25 bits per heavy atom. The smallest absolute Gasteiger partial charge is 0.205 e. The highest BCUT2D eigenvalue weighted by Gasteiger charge is 2.19. The number of anilines is 1. The zero-order valence-corrected chi connectivity index (χ0v) is 13.1. The highest BCUT2D eigenvalue weighted by molar-refractivity contribution is 7.09. The zero-order chi connectivity index (χ0) is 13.9. The normalized spacial score (nSPS) is 16.6. The Morgan fingerprint density at radius 2 is 1.95 bits per heavy atom. The van der Waals surface area contributed by atoms with E-state index < -0.39 is 0 Å². The fourth-order valence-electron chi connectivity index (χ4n) is 2.43. The number of benzene rings is 1. The van der Waals surface area contributed by atoms with E-state index in [1.807, 2.05) is 24.3 Å². The third-order valence-corrected chi connectivity index (χ3v) is 4.85. The molecule has 1 saturated heterocycles. The van der Waals surface area contributed by atoms with Gasteiger partial charge in [0, 0.05) is 36.1 Å². The predicted molar refractivity (Wildman–Crippen MR) is 84.8 cm³/mol. The molecule has 1 aliphatic rings. The van der Waals surface area contributed by atoms with Gasteiger partial charge in [0.2, 0.25) is 5.13 Å². The summed E-state index contributed by atoms with van der Waals surface area (Å²) in [6, 6.07) is 7.89. The minimum Gasteiger partial charge on any atom is -0.347 e. The first-order chi connectivity index (χ1) is 9.70. The largest absolute Gasteiger partial charge is 0.347 e. The third kappa shape index (κ3) is 3.30. The summed E-state index contributed by atoms with van der Waals surface area (Å²) in [6.07, 6.45) is 3.29. The molecule has 3 rings (SSSR count). The molecule has 0 atom stereocenters. The summed E-state index contributed by atoms with van der Waals surface area (Å²) in [6.45, 7) is 4.54. The van der Waals surface area contributed by atoms with E-state index >= 15 is 0 Å². The van der Waals surface area contributed by atoms with Gasteiger partial charge in [-0.25, -0.2) is 4.98 Å². The van der Waals surface area contributed by atoms with Crippen molar-refractivity contribution < 1.29 is 0 Å². The van der Waals surface area contributed by atoms with Gasteiger partial charge in [0.15, 0.2) is 0 Å². The van der Waals surface area contributed by atoms with E-state index in [2.05, 4.69) is 21.2 Å². The number of rotatable bonds is 3. The fourth-order valence-corrected chi connectivity index (χ4v) is 3.29. The monoisotopic (exact) mass is 307 g/mol. The Kier molecular flexibility index (Phi) is 4.22. The molecule has 1 aliphatic heterocycles. The molecule has 0 aliphatic carbocycles. The van der Waals surface area contributed by atoms with Crippen LogP contribution in [0.2, 0.25) is 5.02 Å². The van der Waals surface area contributed by atoms with E-state index in [1.165, 1.54) is 29.9 Å². The molecule has 0 N–H and O–H groups in total. The van der Waals surface area contributed by atoms with Crippen LogP contribution in [0.1, 0.15) is 31.2 Å². The van der Waals surface area contributed by atoms with Crippen LogP contribution in [-0.2, 0) is 6.42 Å². The van der Waals surface area contributed by atoms with Crippen molar-refractivity contribution in [3.63, 3.8) is 0 Å². The van der Waals surface area contributed by atoms with Gasteiger partial charge in [0.25, 0.3) is 0 Å². The van der Waals surface area contributed by atoms with Crippen molar-refractivity contribution in [3.8, 4) is 0 Å². The number of nitrogens with zero attached hydrogens (tertiary/aromatic N) is 3. The van der Waals surface area contributed by atoms with Crippen molar-refractivity contribution in [1.82, 2.24) is 9.36 Å². The number of hydrogen-bond acceptors (Lipinski definition) is 4. The molecule has 5 heteroatoms. The molecular weight excluding hydrogens is 290 g/mol. The first-order valence-electron chi connectivity index (χ1n) is 7.02. The molecule has 1 aromatic heterocycles. The maximum atomic E-state index is 5.90. The second-order valence-electron chi connectivity index (χ2n) is 5.47. The van der Waals surface area contributed by atoms with Crippen molar-refractivity contribution >= 4 is 28.3 Å². The van der Waals surface area contributed by atoms with Crippen LogP contribution in [0.15, 0.2) is 24.3 Å². The lowest BCUT2D eigenvalue weighted by Gasteiger charge is -2.29.